The van der Waals surface area contributed by atoms with Crippen LogP contribution in [-0.2, 0) is 6.42 Å². The zero-order valence-electron chi connectivity index (χ0n) is 11.2. The highest BCUT2D eigenvalue weighted by Gasteiger charge is 2.13. The standard InChI is InChI=1S/C15H15ClN4/c1-2-11(16)8-14-13-9-19-20(15(13)18-10-17-14)12-6-4-3-5-7-12/h3-7,9-11H,2,8H2,1H3. The molecular weight excluding hydrogens is 272 g/mol. The summed E-state index contributed by atoms with van der Waals surface area (Å²) in [6, 6.07) is 9.96. The van der Waals surface area contributed by atoms with Crippen molar-refractivity contribution in [2.75, 3.05) is 0 Å². The molecule has 20 heavy (non-hydrogen) atoms. The SMILES string of the molecule is CCC(Cl)Cc1ncnc2c1cnn2-c1ccccc1. The number of benzene rings is 1. The van der Waals surface area contributed by atoms with Gasteiger partial charge in [-0.1, -0.05) is 25.1 Å². The maximum Gasteiger partial charge on any atom is 0.166 e. The molecule has 0 radical (unpaired) electrons. The van der Waals surface area contributed by atoms with Gasteiger partial charge in [0.1, 0.15) is 6.33 Å². The van der Waals surface area contributed by atoms with Crippen LogP contribution in [0.25, 0.3) is 16.7 Å². The highest BCUT2D eigenvalue weighted by Crippen LogP contribution is 2.20. The topological polar surface area (TPSA) is 43.6 Å². The molecule has 0 spiro atoms. The van der Waals surface area contributed by atoms with E-state index in [-0.39, 0.29) is 5.38 Å². The summed E-state index contributed by atoms with van der Waals surface area (Å²) in [6.07, 6.45) is 5.05. The molecule has 1 unspecified atom stereocenters. The van der Waals surface area contributed by atoms with Gasteiger partial charge in [0.05, 0.1) is 23.0 Å². The molecule has 1 aromatic carbocycles. The van der Waals surface area contributed by atoms with Crippen molar-refractivity contribution in [3.05, 3.63) is 48.5 Å². The van der Waals surface area contributed by atoms with E-state index in [0.717, 1.165) is 35.3 Å². The Kier molecular flexibility index (Phi) is 3.65. The summed E-state index contributed by atoms with van der Waals surface area (Å²) in [7, 11) is 0. The Labute approximate surface area is 122 Å². The van der Waals surface area contributed by atoms with E-state index in [1.807, 2.05) is 41.2 Å². The van der Waals surface area contributed by atoms with Gasteiger partial charge in [-0.3, -0.25) is 0 Å². The van der Waals surface area contributed by atoms with Gasteiger partial charge >= 0.3 is 0 Å². The Balaban J connectivity index is 2.08. The third kappa shape index (κ3) is 2.39. The van der Waals surface area contributed by atoms with Gasteiger partial charge in [0, 0.05) is 11.8 Å². The van der Waals surface area contributed by atoms with E-state index < -0.39 is 0 Å². The lowest BCUT2D eigenvalue weighted by Gasteiger charge is -2.06. The van der Waals surface area contributed by atoms with E-state index in [9.17, 15) is 0 Å². The van der Waals surface area contributed by atoms with Gasteiger partial charge in [-0.15, -0.1) is 11.6 Å². The van der Waals surface area contributed by atoms with Crippen molar-refractivity contribution in [2.24, 2.45) is 0 Å². The van der Waals surface area contributed by atoms with Crippen LogP contribution in [0.1, 0.15) is 19.0 Å². The number of rotatable bonds is 4. The molecule has 2 heterocycles. The van der Waals surface area contributed by atoms with Crippen LogP contribution < -0.4 is 0 Å². The average Bonchev–Trinajstić information content (AvgIpc) is 2.93. The molecule has 0 saturated carbocycles. The second-order valence-corrected chi connectivity index (χ2v) is 5.28. The molecule has 0 amide bonds. The van der Waals surface area contributed by atoms with Gasteiger partial charge in [-0.05, 0) is 18.6 Å². The number of halogens is 1. The number of alkyl halides is 1. The largest absolute Gasteiger partial charge is 0.240 e. The van der Waals surface area contributed by atoms with E-state index in [4.69, 9.17) is 11.6 Å². The highest BCUT2D eigenvalue weighted by atomic mass is 35.5. The van der Waals surface area contributed by atoms with Crippen LogP contribution >= 0.6 is 11.6 Å². The Bertz CT molecular complexity index is 708. The molecule has 0 aliphatic rings. The van der Waals surface area contributed by atoms with Crippen molar-refractivity contribution in [3.8, 4) is 5.69 Å². The quantitative estimate of drug-likeness (QED) is 0.691. The van der Waals surface area contributed by atoms with E-state index in [1.165, 1.54) is 0 Å². The molecule has 2 aromatic heterocycles. The minimum atomic E-state index is 0.0909. The van der Waals surface area contributed by atoms with Gasteiger partial charge in [-0.2, -0.15) is 5.10 Å². The van der Waals surface area contributed by atoms with Gasteiger partial charge in [0.2, 0.25) is 0 Å². The number of hydrogen-bond acceptors (Lipinski definition) is 3. The molecule has 5 heteroatoms. The molecule has 3 aromatic rings. The van der Waals surface area contributed by atoms with Crippen LogP contribution in [0.2, 0.25) is 0 Å². The van der Waals surface area contributed by atoms with Crippen LogP contribution in [0, 0.1) is 0 Å². The Hall–Kier alpha value is -1.94. The molecule has 0 N–H and O–H groups in total. The maximum atomic E-state index is 6.24. The molecule has 0 aliphatic carbocycles. The van der Waals surface area contributed by atoms with Crippen molar-refractivity contribution in [1.29, 1.82) is 0 Å². The first kappa shape index (κ1) is 13.1. The van der Waals surface area contributed by atoms with Crippen LogP contribution in [-0.4, -0.2) is 25.1 Å². The molecular formula is C15H15ClN4. The molecule has 1 atom stereocenters. The van der Waals surface area contributed by atoms with Gasteiger partial charge in [0.25, 0.3) is 0 Å². The summed E-state index contributed by atoms with van der Waals surface area (Å²) in [4.78, 5) is 8.71. The second kappa shape index (κ2) is 5.59. The van der Waals surface area contributed by atoms with Gasteiger partial charge in [-0.25, -0.2) is 14.6 Å². The first-order valence-electron chi connectivity index (χ1n) is 6.66. The summed E-state index contributed by atoms with van der Waals surface area (Å²) < 4.78 is 1.83. The number of nitrogens with zero attached hydrogens (tertiary/aromatic N) is 4. The Morgan fingerprint density at radius 2 is 2.00 bits per heavy atom. The van der Waals surface area contributed by atoms with Crippen molar-refractivity contribution in [2.45, 2.75) is 25.1 Å². The van der Waals surface area contributed by atoms with Gasteiger partial charge in [0.15, 0.2) is 5.65 Å². The number of fused-ring (bicyclic) bond motifs is 1. The third-order valence-electron chi connectivity index (χ3n) is 3.31. The second-order valence-electron chi connectivity index (χ2n) is 4.66. The third-order valence-corrected chi connectivity index (χ3v) is 3.77. The van der Waals surface area contributed by atoms with Crippen LogP contribution in [0.4, 0.5) is 0 Å². The fourth-order valence-electron chi connectivity index (χ4n) is 2.17. The fourth-order valence-corrected chi connectivity index (χ4v) is 2.31. The van der Waals surface area contributed by atoms with Crippen molar-refractivity contribution in [3.63, 3.8) is 0 Å². The molecule has 0 aliphatic heterocycles. The lowest BCUT2D eigenvalue weighted by Crippen LogP contribution is -2.05. The summed E-state index contributed by atoms with van der Waals surface area (Å²) >= 11 is 6.24. The minimum absolute atomic E-state index is 0.0909. The van der Waals surface area contributed by atoms with E-state index in [0.29, 0.717) is 0 Å². The molecule has 0 bridgehead atoms. The zero-order chi connectivity index (χ0) is 13.9. The predicted octanol–water partition coefficient (Wildman–Crippen LogP) is 3.38. The fraction of sp³-hybridized carbons (Fsp3) is 0.267. The summed E-state index contributed by atoms with van der Waals surface area (Å²) in [5.41, 5.74) is 2.77. The normalized spacial score (nSPS) is 12.7. The molecule has 0 fully saturated rings. The molecule has 102 valence electrons. The van der Waals surface area contributed by atoms with Crippen molar-refractivity contribution in [1.82, 2.24) is 19.7 Å². The van der Waals surface area contributed by atoms with Crippen LogP contribution in [0.15, 0.2) is 42.9 Å². The van der Waals surface area contributed by atoms with Gasteiger partial charge < -0.3 is 0 Å². The van der Waals surface area contributed by atoms with Crippen molar-refractivity contribution < 1.29 is 0 Å². The molecule has 4 nitrogen and oxygen atoms in total. The maximum absolute atomic E-state index is 6.24. The van der Waals surface area contributed by atoms with Crippen LogP contribution in [0.5, 0.6) is 0 Å². The molecule has 3 rings (SSSR count). The first-order chi connectivity index (χ1) is 9.79. The van der Waals surface area contributed by atoms with E-state index in [2.05, 4.69) is 22.0 Å². The van der Waals surface area contributed by atoms with E-state index in [1.54, 1.807) is 6.33 Å². The van der Waals surface area contributed by atoms with E-state index >= 15 is 0 Å². The first-order valence-corrected chi connectivity index (χ1v) is 7.10. The summed E-state index contributed by atoms with van der Waals surface area (Å²) in [5, 5.41) is 5.49. The van der Waals surface area contributed by atoms with Crippen molar-refractivity contribution >= 4 is 22.6 Å². The average molecular weight is 287 g/mol. The predicted molar refractivity (Wildman–Crippen MR) is 80.3 cm³/mol. The Morgan fingerprint density at radius 1 is 1.20 bits per heavy atom. The number of hydrogen-bond donors (Lipinski definition) is 0. The minimum Gasteiger partial charge on any atom is -0.240 e. The van der Waals surface area contributed by atoms with Crippen LogP contribution in [0.3, 0.4) is 0 Å². The smallest absolute Gasteiger partial charge is 0.166 e. The Morgan fingerprint density at radius 3 is 2.75 bits per heavy atom. The lowest BCUT2D eigenvalue weighted by molar-refractivity contribution is 0.789. The number of para-hydroxylation sites is 1. The zero-order valence-corrected chi connectivity index (χ0v) is 12.0. The summed E-state index contributed by atoms with van der Waals surface area (Å²) in [6.45, 7) is 2.07. The lowest BCUT2D eigenvalue weighted by atomic mass is 10.1. The number of aromatic nitrogens is 4. The summed E-state index contributed by atoms with van der Waals surface area (Å²) in [5.74, 6) is 0. The molecule has 0 saturated heterocycles. The monoisotopic (exact) mass is 286 g/mol. The highest BCUT2D eigenvalue weighted by molar-refractivity contribution is 6.20.